The van der Waals surface area contributed by atoms with Crippen molar-refractivity contribution in [2.45, 2.75) is 24.3 Å². The second-order valence-corrected chi connectivity index (χ2v) is 6.09. The molecule has 0 aromatic heterocycles. The van der Waals surface area contributed by atoms with E-state index in [0.29, 0.717) is 13.0 Å². The Hall–Kier alpha value is -1.46. The molecule has 0 saturated carbocycles. The van der Waals surface area contributed by atoms with Crippen molar-refractivity contribution in [3.05, 3.63) is 29.6 Å². The van der Waals surface area contributed by atoms with E-state index in [-0.39, 0.29) is 16.5 Å². The zero-order chi connectivity index (χ0) is 15.9. The molecule has 5 nitrogen and oxygen atoms in total. The Labute approximate surface area is 124 Å². The molecule has 1 rings (SSSR count). The number of methoxy groups -OCH3 is 1. The van der Waals surface area contributed by atoms with Crippen LogP contribution in [-0.4, -0.2) is 39.9 Å². The first-order valence-electron chi connectivity index (χ1n) is 6.31. The molecule has 0 heterocycles. The molecule has 0 spiro atoms. The summed E-state index contributed by atoms with van der Waals surface area (Å²) < 4.78 is 45.2. The molecule has 0 bridgehead atoms. The van der Waals surface area contributed by atoms with E-state index < -0.39 is 22.4 Å². The highest BCUT2D eigenvalue weighted by Gasteiger charge is 2.20. The van der Waals surface area contributed by atoms with Gasteiger partial charge in [-0.25, -0.2) is 17.5 Å². The smallest absolute Gasteiger partial charge is 0.242 e. The van der Waals surface area contributed by atoms with Crippen LogP contribution in [0, 0.1) is 17.7 Å². The molecule has 0 radical (unpaired) electrons. The number of hydrogen-bond acceptors (Lipinski definition) is 4. The number of sulfonamides is 1. The Morgan fingerprint density at radius 2 is 2.19 bits per heavy atom. The van der Waals surface area contributed by atoms with Gasteiger partial charge in [-0.3, -0.25) is 0 Å². The SMILES string of the molecule is COCCC(C)NS(=O)(=O)c1ccc(F)cc1C#CCO. The molecule has 1 unspecified atom stereocenters. The zero-order valence-electron chi connectivity index (χ0n) is 11.9. The molecule has 2 N–H and O–H groups in total. The van der Waals surface area contributed by atoms with Crippen LogP contribution in [-0.2, 0) is 14.8 Å². The maximum absolute atomic E-state index is 13.2. The lowest BCUT2D eigenvalue weighted by Crippen LogP contribution is -2.33. The van der Waals surface area contributed by atoms with E-state index >= 15 is 0 Å². The first kappa shape index (κ1) is 17.6. The molecular weight excluding hydrogens is 297 g/mol. The molecule has 0 amide bonds. The van der Waals surface area contributed by atoms with Gasteiger partial charge in [-0.2, -0.15) is 0 Å². The molecular formula is C14H18FNO4S. The third kappa shape index (κ3) is 5.44. The number of benzene rings is 1. The van der Waals surface area contributed by atoms with Gasteiger partial charge >= 0.3 is 0 Å². The standard InChI is InChI=1S/C14H18FNO4S/c1-11(7-9-20-2)16-21(18,19)14-6-5-13(15)10-12(14)4-3-8-17/h5-6,10-11,16-17H,7-9H2,1-2H3. The summed E-state index contributed by atoms with van der Waals surface area (Å²) in [7, 11) is -2.29. The average Bonchev–Trinajstić information content (AvgIpc) is 2.42. The van der Waals surface area contributed by atoms with Crippen LogP contribution in [0.3, 0.4) is 0 Å². The number of halogens is 1. The summed E-state index contributed by atoms with van der Waals surface area (Å²) in [6, 6.07) is 2.90. The zero-order valence-corrected chi connectivity index (χ0v) is 12.7. The molecule has 1 atom stereocenters. The lowest BCUT2D eigenvalue weighted by Gasteiger charge is -2.14. The fourth-order valence-electron chi connectivity index (χ4n) is 1.65. The van der Waals surface area contributed by atoms with Gasteiger partial charge in [0, 0.05) is 25.3 Å². The van der Waals surface area contributed by atoms with Crippen LogP contribution in [0.25, 0.3) is 0 Å². The Kier molecular flexibility index (Phi) is 6.78. The van der Waals surface area contributed by atoms with Crippen LogP contribution in [0.4, 0.5) is 4.39 Å². The molecule has 0 aliphatic heterocycles. The van der Waals surface area contributed by atoms with Crippen molar-refractivity contribution in [3.8, 4) is 11.8 Å². The van der Waals surface area contributed by atoms with E-state index in [1.165, 1.54) is 7.11 Å². The van der Waals surface area contributed by atoms with Crippen LogP contribution in [0.5, 0.6) is 0 Å². The summed E-state index contributed by atoms with van der Waals surface area (Å²) in [5, 5.41) is 8.69. The summed E-state index contributed by atoms with van der Waals surface area (Å²) in [6.45, 7) is 1.69. The van der Waals surface area contributed by atoms with Crippen molar-refractivity contribution in [3.63, 3.8) is 0 Å². The summed E-state index contributed by atoms with van der Waals surface area (Å²) >= 11 is 0. The Morgan fingerprint density at radius 1 is 1.48 bits per heavy atom. The minimum Gasteiger partial charge on any atom is -0.385 e. The average molecular weight is 315 g/mol. The molecule has 0 fully saturated rings. The van der Waals surface area contributed by atoms with E-state index in [1.807, 2.05) is 0 Å². The maximum Gasteiger partial charge on any atom is 0.242 e. The fraction of sp³-hybridized carbons (Fsp3) is 0.429. The Morgan fingerprint density at radius 3 is 2.81 bits per heavy atom. The molecule has 0 aliphatic carbocycles. The van der Waals surface area contributed by atoms with Gasteiger partial charge in [0.25, 0.3) is 0 Å². The second-order valence-electron chi connectivity index (χ2n) is 4.40. The van der Waals surface area contributed by atoms with Crippen molar-refractivity contribution in [1.29, 1.82) is 0 Å². The van der Waals surface area contributed by atoms with E-state index in [9.17, 15) is 12.8 Å². The molecule has 1 aromatic carbocycles. The van der Waals surface area contributed by atoms with Gasteiger partial charge in [-0.1, -0.05) is 11.8 Å². The number of ether oxygens (including phenoxy) is 1. The van der Waals surface area contributed by atoms with Crippen LogP contribution in [0.2, 0.25) is 0 Å². The van der Waals surface area contributed by atoms with Crippen LogP contribution >= 0.6 is 0 Å². The monoisotopic (exact) mass is 315 g/mol. The van der Waals surface area contributed by atoms with Crippen molar-refractivity contribution in [2.75, 3.05) is 20.3 Å². The third-order valence-electron chi connectivity index (χ3n) is 2.64. The van der Waals surface area contributed by atoms with E-state index in [2.05, 4.69) is 16.6 Å². The van der Waals surface area contributed by atoms with Crippen LogP contribution < -0.4 is 4.72 Å². The van der Waals surface area contributed by atoms with Crippen molar-refractivity contribution < 1.29 is 22.7 Å². The second kappa shape index (κ2) is 8.10. The highest BCUT2D eigenvalue weighted by molar-refractivity contribution is 7.89. The van der Waals surface area contributed by atoms with Gasteiger partial charge in [0.2, 0.25) is 10.0 Å². The van der Waals surface area contributed by atoms with Gasteiger partial charge in [-0.05, 0) is 31.5 Å². The summed E-state index contributed by atoms with van der Waals surface area (Å²) in [5.74, 6) is 4.17. The molecule has 1 aromatic rings. The van der Waals surface area contributed by atoms with Gasteiger partial charge in [0.15, 0.2) is 0 Å². The predicted octanol–water partition coefficient (Wildman–Crippen LogP) is 0.873. The largest absolute Gasteiger partial charge is 0.385 e. The Balaban J connectivity index is 3.07. The lowest BCUT2D eigenvalue weighted by atomic mass is 10.2. The molecule has 0 aliphatic rings. The van der Waals surface area contributed by atoms with Crippen molar-refractivity contribution in [2.24, 2.45) is 0 Å². The molecule has 21 heavy (non-hydrogen) atoms. The number of aliphatic hydroxyl groups is 1. The van der Waals surface area contributed by atoms with Crippen LogP contribution in [0.1, 0.15) is 18.9 Å². The first-order valence-corrected chi connectivity index (χ1v) is 7.79. The van der Waals surface area contributed by atoms with Gasteiger partial charge in [0.1, 0.15) is 12.4 Å². The number of rotatable bonds is 6. The summed E-state index contributed by atoms with van der Waals surface area (Å²) in [4.78, 5) is -0.117. The van der Waals surface area contributed by atoms with Crippen molar-refractivity contribution in [1.82, 2.24) is 4.72 Å². The van der Waals surface area contributed by atoms with Gasteiger partial charge in [-0.15, -0.1) is 0 Å². The minimum absolute atomic E-state index is 0.00971. The maximum atomic E-state index is 13.2. The quantitative estimate of drug-likeness (QED) is 0.764. The van der Waals surface area contributed by atoms with E-state index in [0.717, 1.165) is 18.2 Å². The lowest BCUT2D eigenvalue weighted by molar-refractivity contribution is 0.188. The Bertz CT molecular complexity index is 634. The minimum atomic E-state index is -3.82. The first-order chi connectivity index (χ1) is 9.90. The number of hydrogen-bond donors (Lipinski definition) is 2. The number of aliphatic hydroxyl groups excluding tert-OH is 1. The normalized spacial score (nSPS) is 12.6. The van der Waals surface area contributed by atoms with Crippen LogP contribution in [0.15, 0.2) is 23.1 Å². The topological polar surface area (TPSA) is 75.6 Å². The molecule has 0 saturated heterocycles. The fourth-order valence-corrected chi connectivity index (χ4v) is 3.07. The van der Waals surface area contributed by atoms with E-state index in [4.69, 9.17) is 9.84 Å². The molecule has 7 heteroatoms. The summed E-state index contributed by atoms with van der Waals surface area (Å²) in [6.07, 6.45) is 0.509. The van der Waals surface area contributed by atoms with Gasteiger partial charge in [0.05, 0.1) is 4.90 Å². The highest BCUT2D eigenvalue weighted by atomic mass is 32.2. The highest BCUT2D eigenvalue weighted by Crippen LogP contribution is 2.17. The van der Waals surface area contributed by atoms with E-state index in [1.54, 1.807) is 6.92 Å². The molecule has 116 valence electrons. The van der Waals surface area contributed by atoms with Gasteiger partial charge < -0.3 is 9.84 Å². The number of nitrogens with one attached hydrogen (secondary N) is 1. The van der Waals surface area contributed by atoms with Crippen molar-refractivity contribution >= 4 is 10.0 Å². The summed E-state index contributed by atoms with van der Waals surface area (Å²) in [5.41, 5.74) is 0.00971. The third-order valence-corrected chi connectivity index (χ3v) is 4.29. The predicted molar refractivity (Wildman–Crippen MR) is 76.6 cm³/mol.